The molecule has 0 radical (unpaired) electrons. The summed E-state index contributed by atoms with van der Waals surface area (Å²) in [7, 11) is 2.22. The molecule has 1 atom stereocenters. The molecule has 8 nitrogen and oxygen atoms in total. The van der Waals surface area contributed by atoms with Crippen LogP contribution in [0, 0.1) is 32.6 Å². The van der Waals surface area contributed by atoms with Gasteiger partial charge in [-0.05, 0) is 100 Å². The summed E-state index contributed by atoms with van der Waals surface area (Å²) in [5.41, 5.74) is 2.15. The van der Waals surface area contributed by atoms with Crippen LogP contribution in [0.25, 0.3) is 0 Å². The van der Waals surface area contributed by atoms with Gasteiger partial charge in [-0.3, -0.25) is 4.79 Å². The molecule has 1 amide bonds. The summed E-state index contributed by atoms with van der Waals surface area (Å²) in [6.07, 6.45) is 5.80. The van der Waals surface area contributed by atoms with E-state index in [0.717, 1.165) is 12.0 Å². The van der Waals surface area contributed by atoms with Crippen molar-refractivity contribution in [3.05, 3.63) is 45.1 Å². The second kappa shape index (κ2) is 15.5. The third kappa shape index (κ3) is 8.54. The Morgan fingerprint density at radius 2 is 1.85 bits per heavy atom. The van der Waals surface area contributed by atoms with E-state index in [4.69, 9.17) is 9.47 Å². The summed E-state index contributed by atoms with van der Waals surface area (Å²) in [4.78, 5) is 16.5. The Hall–Kier alpha value is -1.98. The van der Waals surface area contributed by atoms with E-state index in [0.29, 0.717) is 52.7 Å². The zero-order valence-electron chi connectivity index (χ0n) is 25.9. The molecule has 1 unspecified atom stereocenters. The number of hydrogen-bond donors (Lipinski definition) is 1. The number of rotatable bonds is 15. The molecule has 0 aliphatic heterocycles. The molecule has 41 heavy (non-hydrogen) atoms. The monoisotopic (exact) mass is 607 g/mol. The van der Waals surface area contributed by atoms with E-state index in [1.807, 2.05) is 32.1 Å². The van der Waals surface area contributed by atoms with Crippen LogP contribution < -0.4 is 10.1 Å². The van der Waals surface area contributed by atoms with Crippen LogP contribution in [0.15, 0.2) is 28.5 Å². The van der Waals surface area contributed by atoms with E-state index in [9.17, 15) is 13.2 Å². The second-order valence-electron chi connectivity index (χ2n) is 11.4. The van der Waals surface area contributed by atoms with Crippen molar-refractivity contribution in [2.75, 3.05) is 54.1 Å². The zero-order chi connectivity index (χ0) is 30.2. The summed E-state index contributed by atoms with van der Waals surface area (Å²) in [6.45, 7) is 8.47. The lowest BCUT2D eigenvalue weighted by Gasteiger charge is -2.37. The van der Waals surface area contributed by atoms with Gasteiger partial charge in [0.25, 0.3) is 0 Å². The van der Waals surface area contributed by atoms with E-state index in [1.54, 1.807) is 20.1 Å². The lowest BCUT2D eigenvalue weighted by Crippen LogP contribution is -2.36. The number of carbonyl (C=O) groups is 1. The van der Waals surface area contributed by atoms with Crippen LogP contribution in [-0.2, 0) is 19.6 Å². The maximum atomic E-state index is 13.5. The lowest BCUT2D eigenvalue weighted by atomic mass is 9.76. The van der Waals surface area contributed by atoms with E-state index in [-0.39, 0.29) is 25.7 Å². The number of amides is 1. The number of thiophene rings is 1. The number of carbonyl (C=O) groups excluding carboxylic acids is 1. The Morgan fingerprint density at radius 3 is 2.44 bits per heavy atom. The fourth-order valence-electron chi connectivity index (χ4n) is 6.17. The topological polar surface area (TPSA) is 88.2 Å². The molecule has 1 N–H and O–H groups in total. The molecule has 1 aliphatic carbocycles. The zero-order valence-corrected chi connectivity index (χ0v) is 27.5. The first-order chi connectivity index (χ1) is 19.5. The molecule has 0 bridgehead atoms. The van der Waals surface area contributed by atoms with Crippen LogP contribution in [0.4, 0.5) is 0 Å². The molecule has 10 heteroatoms. The van der Waals surface area contributed by atoms with Gasteiger partial charge in [-0.2, -0.15) is 4.31 Å². The molecule has 3 rings (SSSR count). The Balaban J connectivity index is 1.39. The van der Waals surface area contributed by atoms with Gasteiger partial charge in [0, 0.05) is 30.6 Å². The van der Waals surface area contributed by atoms with Crippen molar-refractivity contribution < 1.29 is 22.7 Å². The number of likely N-dealkylation sites (N-methyl/N-ethyl adjacent to an activating group) is 1. The summed E-state index contributed by atoms with van der Waals surface area (Å²) in [6, 6.07) is 6.64. The predicted octanol–water partition coefficient (Wildman–Crippen LogP) is 5.32. The number of hydrogen-bond acceptors (Lipinski definition) is 7. The highest BCUT2D eigenvalue weighted by Gasteiger charge is 2.31. The fourth-order valence-corrected chi connectivity index (χ4v) is 9.10. The van der Waals surface area contributed by atoms with Crippen molar-refractivity contribution in [3.63, 3.8) is 0 Å². The van der Waals surface area contributed by atoms with Crippen molar-refractivity contribution in [2.24, 2.45) is 11.8 Å². The van der Waals surface area contributed by atoms with Gasteiger partial charge in [0.1, 0.15) is 12.4 Å². The molecule has 0 spiro atoms. The molecule has 1 saturated carbocycles. The summed E-state index contributed by atoms with van der Waals surface area (Å²) in [5.74, 6) is 1.83. The average molecular weight is 608 g/mol. The molecule has 230 valence electrons. The minimum atomic E-state index is -3.72. The van der Waals surface area contributed by atoms with Crippen LogP contribution in [0.3, 0.4) is 0 Å². The predicted molar refractivity (Wildman–Crippen MR) is 166 cm³/mol. The summed E-state index contributed by atoms with van der Waals surface area (Å²) in [5, 5.41) is 5.14. The highest BCUT2D eigenvalue weighted by atomic mass is 32.2. The number of ether oxygens (including phenoxy) is 2. The number of nitrogens with zero attached hydrogens (tertiary/aromatic N) is 2. The highest BCUT2D eigenvalue weighted by molar-refractivity contribution is 7.89. The van der Waals surface area contributed by atoms with E-state index in [2.05, 4.69) is 41.8 Å². The third-order valence-corrected chi connectivity index (χ3v) is 11.7. The molecule has 0 saturated heterocycles. The Bertz CT molecular complexity index is 1220. The number of benzene rings is 1. The van der Waals surface area contributed by atoms with Crippen LogP contribution in [0.1, 0.15) is 66.6 Å². The first kappa shape index (κ1) is 33.5. The Kier molecular flexibility index (Phi) is 12.7. The van der Waals surface area contributed by atoms with E-state index >= 15 is 0 Å². The first-order valence-corrected chi connectivity index (χ1v) is 17.0. The average Bonchev–Trinajstić information content (AvgIpc) is 3.45. The first-order valence-electron chi connectivity index (χ1n) is 14.7. The molecule has 1 aliphatic rings. The molecule has 1 fully saturated rings. The van der Waals surface area contributed by atoms with E-state index in [1.165, 1.54) is 34.9 Å². The van der Waals surface area contributed by atoms with Crippen molar-refractivity contribution in [1.29, 1.82) is 0 Å². The highest BCUT2D eigenvalue weighted by Crippen LogP contribution is 2.41. The van der Waals surface area contributed by atoms with Gasteiger partial charge >= 0.3 is 0 Å². The standard InChI is InChI=1S/C31H49N3O5S2/c1-8-34(41(36,37)31-22(2)20-27(38-7)23(3)24(31)4)17-18-39-21-29(35)32-16-15-25-11-13-26(14-12-25)30(33(5)6)28-10-9-19-40-28/h9-10,19-20,25-26,30H,8,11-18,21H2,1-7H3,(H,32,35). The van der Waals surface area contributed by atoms with Crippen LogP contribution >= 0.6 is 11.3 Å². The van der Waals surface area contributed by atoms with Crippen LogP contribution in [-0.4, -0.2) is 77.6 Å². The Labute approximate surface area is 251 Å². The van der Waals surface area contributed by atoms with Crippen molar-refractivity contribution >= 4 is 27.3 Å². The maximum absolute atomic E-state index is 13.5. The molecule has 1 aromatic carbocycles. The minimum Gasteiger partial charge on any atom is -0.496 e. The second-order valence-corrected chi connectivity index (χ2v) is 14.2. The van der Waals surface area contributed by atoms with Gasteiger partial charge < -0.3 is 19.7 Å². The van der Waals surface area contributed by atoms with Crippen molar-refractivity contribution in [1.82, 2.24) is 14.5 Å². The van der Waals surface area contributed by atoms with Gasteiger partial charge in [0.15, 0.2) is 0 Å². The molecule has 2 aromatic rings. The largest absolute Gasteiger partial charge is 0.496 e. The Morgan fingerprint density at radius 1 is 1.15 bits per heavy atom. The van der Waals surface area contributed by atoms with Gasteiger partial charge in [-0.1, -0.05) is 25.8 Å². The third-order valence-electron chi connectivity index (χ3n) is 8.47. The maximum Gasteiger partial charge on any atom is 0.245 e. The molecular formula is C31H49N3O5S2. The fraction of sp³-hybridized carbons (Fsp3) is 0.645. The smallest absolute Gasteiger partial charge is 0.245 e. The van der Waals surface area contributed by atoms with Crippen LogP contribution in [0.5, 0.6) is 5.75 Å². The molecular weight excluding hydrogens is 558 g/mol. The van der Waals surface area contributed by atoms with Crippen molar-refractivity contribution in [3.8, 4) is 5.75 Å². The quantitative estimate of drug-likeness (QED) is 0.276. The van der Waals surface area contributed by atoms with Gasteiger partial charge in [0.2, 0.25) is 15.9 Å². The normalized spacial score (nSPS) is 18.6. The van der Waals surface area contributed by atoms with Crippen LogP contribution in [0.2, 0.25) is 0 Å². The lowest BCUT2D eigenvalue weighted by molar-refractivity contribution is -0.125. The number of methoxy groups -OCH3 is 1. The van der Waals surface area contributed by atoms with Gasteiger partial charge in [-0.15, -0.1) is 11.3 Å². The number of aryl methyl sites for hydroxylation is 1. The van der Waals surface area contributed by atoms with Crippen molar-refractivity contribution in [2.45, 2.75) is 70.7 Å². The molecule has 1 heterocycles. The SMILES string of the molecule is CCN(CCOCC(=O)NCCC1CCC(C(c2cccs2)N(C)C)CC1)S(=O)(=O)c1c(C)cc(OC)c(C)c1C. The van der Waals surface area contributed by atoms with Gasteiger partial charge in [0.05, 0.1) is 18.6 Å². The van der Waals surface area contributed by atoms with Gasteiger partial charge in [-0.25, -0.2) is 8.42 Å². The number of nitrogens with one attached hydrogen (secondary N) is 1. The number of sulfonamides is 1. The summed E-state index contributed by atoms with van der Waals surface area (Å²) >= 11 is 1.85. The minimum absolute atomic E-state index is 0.0740. The summed E-state index contributed by atoms with van der Waals surface area (Å²) < 4.78 is 39.3. The molecule has 1 aromatic heterocycles. The van der Waals surface area contributed by atoms with E-state index < -0.39 is 10.0 Å².